The lowest BCUT2D eigenvalue weighted by atomic mass is 9.92. The van der Waals surface area contributed by atoms with E-state index in [0.717, 1.165) is 27.6 Å². The summed E-state index contributed by atoms with van der Waals surface area (Å²) in [5, 5.41) is 13.1. The molecule has 5 heteroatoms. The summed E-state index contributed by atoms with van der Waals surface area (Å²) in [5.41, 5.74) is 1.61. The van der Waals surface area contributed by atoms with Crippen LogP contribution >= 0.6 is 0 Å². The molecule has 2 aromatic carbocycles. The first kappa shape index (κ1) is 22.5. The molecule has 0 radical (unpaired) electrons. The van der Waals surface area contributed by atoms with Crippen LogP contribution < -0.4 is 9.47 Å². The van der Waals surface area contributed by atoms with Gasteiger partial charge in [0.1, 0.15) is 17.6 Å². The fraction of sp³-hybridized carbons (Fsp3) is 0.478. The van der Waals surface area contributed by atoms with Crippen molar-refractivity contribution in [3.05, 3.63) is 48.0 Å². The Kier molecular flexibility index (Phi) is 6.96. The Morgan fingerprint density at radius 3 is 2.07 bits per heavy atom. The predicted octanol–water partition coefficient (Wildman–Crippen LogP) is 5.64. The Bertz CT molecular complexity index is 837. The number of aliphatic hydroxyl groups excluding tert-OH is 1. The molecule has 0 aliphatic heterocycles. The smallest absolute Gasteiger partial charge is 0.192 e. The highest BCUT2D eigenvalue weighted by atomic mass is 28.4. The molecule has 0 spiro atoms. The molecule has 154 valence electrons. The minimum absolute atomic E-state index is 0.0713. The van der Waals surface area contributed by atoms with Gasteiger partial charge in [-0.05, 0) is 24.6 Å². The van der Waals surface area contributed by atoms with Crippen LogP contribution in [-0.2, 0) is 10.8 Å². The number of hydrogen-bond acceptors (Lipinski definition) is 4. The second-order valence-corrected chi connectivity index (χ2v) is 13.4. The molecule has 0 aliphatic rings. The van der Waals surface area contributed by atoms with Crippen LogP contribution in [0.5, 0.6) is 11.5 Å². The molecule has 0 aromatic heterocycles. The molecule has 0 amide bonds. The van der Waals surface area contributed by atoms with E-state index in [9.17, 15) is 5.11 Å². The van der Waals surface area contributed by atoms with Crippen molar-refractivity contribution in [2.45, 2.75) is 51.4 Å². The van der Waals surface area contributed by atoms with Gasteiger partial charge in [0.15, 0.2) is 8.32 Å². The van der Waals surface area contributed by atoms with Gasteiger partial charge in [0.05, 0.1) is 20.8 Å². The van der Waals surface area contributed by atoms with Crippen LogP contribution in [0.3, 0.4) is 0 Å². The second-order valence-electron chi connectivity index (χ2n) is 8.58. The van der Waals surface area contributed by atoms with Crippen molar-refractivity contribution in [1.82, 2.24) is 0 Å². The van der Waals surface area contributed by atoms with E-state index in [4.69, 9.17) is 13.9 Å². The third kappa shape index (κ3) is 4.27. The quantitative estimate of drug-likeness (QED) is 0.458. The number of aliphatic hydroxyl groups is 1. The largest absolute Gasteiger partial charge is 0.496 e. The first-order valence-corrected chi connectivity index (χ1v) is 12.6. The van der Waals surface area contributed by atoms with E-state index in [-0.39, 0.29) is 11.6 Å². The van der Waals surface area contributed by atoms with Gasteiger partial charge in [0, 0.05) is 21.9 Å². The molecule has 28 heavy (non-hydrogen) atoms. The van der Waals surface area contributed by atoms with Crippen molar-refractivity contribution in [2.24, 2.45) is 0 Å². The summed E-state index contributed by atoms with van der Waals surface area (Å²) in [6.45, 7) is 15.0. The van der Waals surface area contributed by atoms with Crippen molar-refractivity contribution >= 4 is 19.1 Å². The molecule has 0 saturated carbocycles. The maximum atomic E-state index is 11.2. The number of rotatable bonds is 8. The zero-order chi connectivity index (χ0) is 21.1. The number of allylic oxidation sites excluding steroid dienone is 1. The summed E-state index contributed by atoms with van der Waals surface area (Å²) in [6, 6.07) is 7.92. The van der Waals surface area contributed by atoms with Gasteiger partial charge in [-0.2, -0.15) is 0 Å². The second kappa shape index (κ2) is 8.68. The highest BCUT2D eigenvalue weighted by Crippen LogP contribution is 2.44. The minimum Gasteiger partial charge on any atom is -0.496 e. The van der Waals surface area contributed by atoms with Gasteiger partial charge < -0.3 is 19.0 Å². The molecule has 1 N–H and O–H groups in total. The highest BCUT2D eigenvalue weighted by Gasteiger charge is 2.38. The minimum atomic E-state index is -1.99. The molecule has 1 unspecified atom stereocenters. The van der Waals surface area contributed by atoms with E-state index < -0.39 is 14.4 Å². The molecule has 2 aromatic rings. The third-order valence-corrected chi connectivity index (χ3v) is 10.3. The number of fused-ring (bicyclic) bond motifs is 1. The lowest BCUT2D eigenvalue weighted by Crippen LogP contribution is -2.41. The molecule has 4 nitrogen and oxygen atoms in total. The van der Waals surface area contributed by atoms with Gasteiger partial charge in [-0.15, -0.1) is 6.58 Å². The van der Waals surface area contributed by atoms with Crippen LogP contribution in [0.15, 0.2) is 36.9 Å². The van der Waals surface area contributed by atoms with E-state index >= 15 is 0 Å². The van der Waals surface area contributed by atoms with Crippen molar-refractivity contribution in [2.75, 3.05) is 20.8 Å². The Balaban J connectivity index is 2.61. The molecule has 0 bridgehead atoms. The molecule has 0 fully saturated rings. The van der Waals surface area contributed by atoms with E-state index in [2.05, 4.69) is 40.4 Å². The highest BCUT2D eigenvalue weighted by molar-refractivity contribution is 6.74. The predicted molar refractivity (Wildman–Crippen MR) is 119 cm³/mol. The van der Waals surface area contributed by atoms with Crippen LogP contribution in [0.1, 0.15) is 38.0 Å². The SMILES string of the molecule is C=CCc1c(C(O)CO[Si](C)(C)C(C)(C)C)c(OC)c2ccccc2c1OC. The average Bonchev–Trinajstić information content (AvgIpc) is 2.64. The van der Waals surface area contributed by atoms with E-state index in [0.29, 0.717) is 12.2 Å². The monoisotopic (exact) mass is 402 g/mol. The molecule has 0 heterocycles. The summed E-state index contributed by atoms with van der Waals surface area (Å²) in [5.74, 6) is 1.41. The summed E-state index contributed by atoms with van der Waals surface area (Å²) < 4.78 is 17.8. The average molecular weight is 403 g/mol. The summed E-state index contributed by atoms with van der Waals surface area (Å²) in [6.07, 6.45) is 1.56. The fourth-order valence-corrected chi connectivity index (χ4v) is 4.19. The molecule has 0 aliphatic carbocycles. The van der Waals surface area contributed by atoms with Crippen LogP contribution in [-0.4, -0.2) is 34.3 Å². The summed E-state index contributed by atoms with van der Waals surface area (Å²) >= 11 is 0. The van der Waals surface area contributed by atoms with Gasteiger partial charge in [-0.25, -0.2) is 0 Å². The first-order valence-electron chi connectivity index (χ1n) is 9.67. The van der Waals surface area contributed by atoms with Crippen molar-refractivity contribution < 1.29 is 19.0 Å². The van der Waals surface area contributed by atoms with Crippen molar-refractivity contribution in [3.63, 3.8) is 0 Å². The molecule has 2 rings (SSSR count). The Hall–Kier alpha value is -1.82. The van der Waals surface area contributed by atoms with Gasteiger partial charge in [0.2, 0.25) is 0 Å². The van der Waals surface area contributed by atoms with E-state index in [1.165, 1.54) is 0 Å². The van der Waals surface area contributed by atoms with Crippen LogP contribution in [0.4, 0.5) is 0 Å². The van der Waals surface area contributed by atoms with Crippen LogP contribution in [0, 0.1) is 0 Å². The van der Waals surface area contributed by atoms with Crippen molar-refractivity contribution in [1.29, 1.82) is 0 Å². The first-order chi connectivity index (χ1) is 13.1. The Labute approximate surface area is 170 Å². The molecule has 1 atom stereocenters. The van der Waals surface area contributed by atoms with Crippen LogP contribution in [0.2, 0.25) is 18.1 Å². The van der Waals surface area contributed by atoms with Gasteiger partial charge in [0.25, 0.3) is 0 Å². The zero-order valence-corrected chi connectivity index (χ0v) is 19.3. The third-order valence-electron chi connectivity index (χ3n) is 5.76. The lowest BCUT2D eigenvalue weighted by Gasteiger charge is -2.37. The standard InChI is InChI=1S/C23H34O4Si/c1-9-12-18-20(19(24)15-27-28(7,8)23(2,3)4)22(26-6)17-14-11-10-13-16(17)21(18)25-5/h9-11,13-14,19,24H,1,12,15H2,2-8H3. The molecule has 0 saturated heterocycles. The Morgan fingerprint density at radius 1 is 1.07 bits per heavy atom. The Morgan fingerprint density at radius 2 is 1.61 bits per heavy atom. The fourth-order valence-electron chi connectivity index (χ4n) is 3.19. The van der Waals surface area contributed by atoms with E-state index in [1.807, 2.05) is 30.3 Å². The number of benzene rings is 2. The lowest BCUT2D eigenvalue weighted by molar-refractivity contribution is 0.0973. The van der Waals surface area contributed by atoms with Crippen molar-refractivity contribution in [3.8, 4) is 11.5 Å². The number of hydrogen-bond donors (Lipinski definition) is 1. The number of methoxy groups -OCH3 is 2. The van der Waals surface area contributed by atoms with Gasteiger partial charge in [-0.1, -0.05) is 51.1 Å². The normalized spacial score (nSPS) is 13.4. The van der Waals surface area contributed by atoms with Gasteiger partial charge >= 0.3 is 0 Å². The number of ether oxygens (including phenoxy) is 2. The topological polar surface area (TPSA) is 47.9 Å². The van der Waals surface area contributed by atoms with E-state index in [1.54, 1.807) is 14.2 Å². The molecular formula is C23H34O4Si. The van der Waals surface area contributed by atoms with Gasteiger partial charge in [-0.3, -0.25) is 0 Å². The van der Waals surface area contributed by atoms with Crippen LogP contribution in [0.25, 0.3) is 10.8 Å². The summed E-state index contributed by atoms with van der Waals surface area (Å²) in [4.78, 5) is 0. The zero-order valence-electron chi connectivity index (χ0n) is 18.3. The maximum Gasteiger partial charge on any atom is 0.192 e. The maximum absolute atomic E-state index is 11.2. The summed E-state index contributed by atoms with van der Waals surface area (Å²) in [7, 11) is 1.30. The molecular weight excluding hydrogens is 368 g/mol.